The summed E-state index contributed by atoms with van der Waals surface area (Å²) in [6.45, 7) is 8.78. The number of hydrogen-bond acceptors (Lipinski definition) is 2. The molecule has 1 aliphatic heterocycles. The summed E-state index contributed by atoms with van der Waals surface area (Å²) in [6, 6.07) is 0. The molecule has 0 amide bonds. The highest BCUT2D eigenvalue weighted by Crippen LogP contribution is 2.57. The van der Waals surface area contributed by atoms with Gasteiger partial charge < -0.3 is 9.84 Å². The summed E-state index contributed by atoms with van der Waals surface area (Å²) in [7, 11) is 0. The lowest BCUT2D eigenvalue weighted by Gasteiger charge is -2.38. The summed E-state index contributed by atoms with van der Waals surface area (Å²) in [4.78, 5) is 0. The average Bonchev–Trinajstić information content (AvgIpc) is 2.44. The summed E-state index contributed by atoms with van der Waals surface area (Å²) >= 11 is 0. The SMILES string of the molecule is CC1(C)CCCC2(C)OC3CC2C1=CC3(C)O. The molecule has 2 heteroatoms. The van der Waals surface area contributed by atoms with Gasteiger partial charge in [-0.3, -0.25) is 0 Å². The molecular formula is C15H24O2. The van der Waals surface area contributed by atoms with Crippen LogP contribution in [0.3, 0.4) is 0 Å². The van der Waals surface area contributed by atoms with E-state index in [1.54, 1.807) is 0 Å². The van der Waals surface area contributed by atoms with Crippen LogP contribution in [0, 0.1) is 11.3 Å². The maximum absolute atomic E-state index is 10.5. The number of hydrogen-bond donors (Lipinski definition) is 1. The molecular weight excluding hydrogens is 212 g/mol. The van der Waals surface area contributed by atoms with Crippen LogP contribution in [0.2, 0.25) is 0 Å². The van der Waals surface area contributed by atoms with Crippen LogP contribution < -0.4 is 0 Å². The van der Waals surface area contributed by atoms with Crippen LogP contribution in [0.5, 0.6) is 0 Å². The minimum atomic E-state index is -0.780. The van der Waals surface area contributed by atoms with E-state index >= 15 is 0 Å². The van der Waals surface area contributed by atoms with Crippen molar-refractivity contribution in [3.8, 4) is 0 Å². The summed E-state index contributed by atoms with van der Waals surface area (Å²) < 4.78 is 6.23. The molecule has 1 heterocycles. The second kappa shape index (κ2) is 3.16. The third kappa shape index (κ3) is 1.53. The van der Waals surface area contributed by atoms with Gasteiger partial charge in [0, 0.05) is 5.92 Å². The molecule has 1 N–H and O–H groups in total. The Kier molecular flexibility index (Phi) is 2.18. The predicted octanol–water partition coefficient (Wildman–Crippen LogP) is 3.05. The Morgan fingerprint density at radius 1 is 1.24 bits per heavy atom. The predicted molar refractivity (Wildman–Crippen MR) is 67.7 cm³/mol. The van der Waals surface area contributed by atoms with Crippen LogP contribution in [0.25, 0.3) is 0 Å². The molecule has 1 saturated heterocycles. The Morgan fingerprint density at radius 3 is 2.65 bits per heavy atom. The molecule has 3 aliphatic rings. The van der Waals surface area contributed by atoms with Crippen molar-refractivity contribution in [3.63, 3.8) is 0 Å². The summed E-state index contributed by atoms with van der Waals surface area (Å²) in [6.07, 6.45) is 6.67. The molecule has 96 valence electrons. The molecule has 0 aromatic heterocycles. The fraction of sp³-hybridized carbons (Fsp3) is 0.867. The van der Waals surface area contributed by atoms with Crippen molar-refractivity contribution >= 4 is 0 Å². The van der Waals surface area contributed by atoms with Gasteiger partial charge in [0.05, 0.1) is 11.7 Å². The standard InChI is InChI=1S/C15H24O2/c1-13(2)6-5-7-15(4)10-8-12(17-15)14(3,16)9-11(10)13/h9-10,12,16H,5-8H2,1-4H3. The lowest BCUT2D eigenvalue weighted by atomic mass is 9.67. The number of fused-ring (bicyclic) bond motifs is 1. The van der Waals surface area contributed by atoms with E-state index in [1.807, 2.05) is 6.92 Å². The van der Waals surface area contributed by atoms with E-state index < -0.39 is 5.60 Å². The normalized spacial score (nSPS) is 51.9. The van der Waals surface area contributed by atoms with Gasteiger partial charge in [0.1, 0.15) is 5.60 Å². The fourth-order valence-electron chi connectivity index (χ4n) is 4.17. The Labute approximate surface area is 104 Å². The van der Waals surface area contributed by atoms with Gasteiger partial charge in [-0.25, -0.2) is 0 Å². The minimum Gasteiger partial charge on any atom is -0.383 e. The van der Waals surface area contributed by atoms with Crippen molar-refractivity contribution in [2.75, 3.05) is 0 Å². The first kappa shape index (κ1) is 11.7. The zero-order chi connectivity index (χ0) is 12.5. The second-order valence-electron chi connectivity index (χ2n) is 7.27. The van der Waals surface area contributed by atoms with Crippen molar-refractivity contribution in [3.05, 3.63) is 11.6 Å². The zero-order valence-corrected chi connectivity index (χ0v) is 11.4. The number of ether oxygens (including phenoxy) is 1. The molecule has 0 spiro atoms. The molecule has 2 bridgehead atoms. The van der Waals surface area contributed by atoms with Gasteiger partial charge in [-0.1, -0.05) is 25.5 Å². The zero-order valence-electron chi connectivity index (χ0n) is 11.4. The minimum absolute atomic E-state index is 0.00449. The van der Waals surface area contributed by atoms with Crippen LogP contribution in [0.15, 0.2) is 11.6 Å². The average molecular weight is 236 g/mol. The van der Waals surface area contributed by atoms with Crippen molar-refractivity contribution in [2.45, 2.75) is 70.7 Å². The first-order valence-corrected chi connectivity index (χ1v) is 6.88. The van der Waals surface area contributed by atoms with Gasteiger partial charge in [0.2, 0.25) is 0 Å². The molecule has 0 aromatic carbocycles. The van der Waals surface area contributed by atoms with Crippen molar-refractivity contribution < 1.29 is 9.84 Å². The molecule has 0 radical (unpaired) electrons. The third-order valence-corrected chi connectivity index (χ3v) is 5.33. The van der Waals surface area contributed by atoms with Gasteiger partial charge in [-0.2, -0.15) is 0 Å². The second-order valence-corrected chi connectivity index (χ2v) is 7.27. The van der Waals surface area contributed by atoms with E-state index in [4.69, 9.17) is 4.74 Å². The van der Waals surface area contributed by atoms with Crippen LogP contribution in [0.1, 0.15) is 53.4 Å². The molecule has 17 heavy (non-hydrogen) atoms. The van der Waals surface area contributed by atoms with Crippen LogP contribution in [0.4, 0.5) is 0 Å². The molecule has 3 rings (SSSR count). The van der Waals surface area contributed by atoms with E-state index in [2.05, 4.69) is 26.8 Å². The Bertz CT molecular complexity index is 380. The summed E-state index contributed by atoms with van der Waals surface area (Å²) in [5.74, 6) is 0.519. The fourth-order valence-corrected chi connectivity index (χ4v) is 4.17. The maximum Gasteiger partial charge on any atom is 0.106 e. The first-order valence-electron chi connectivity index (χ1n) is 6.88. The number of aliphatic hydroxyl groups is 1. The lowest BCUT2D eigenvalue weighted by molar-refractivity contribution is -0.106. The third-order valence-electron chi connectivity index (χ3n) is 5.33. The highest BCUT2D eigenvalue weighted by Gasteiger charge is 2.57. The van der Waals surface area contributed by atoms with E-state index in [-0.39, 0.29) is 17.1 Å². The van der Waals surface area contributed by atoms with E-state index in [0.717, 1.165) is 12.8 Å². The topological polar surface area (TPSA) is 29.5 Å². The number of rotatable bonds is 0. The first-order chi connectivity index (χ1) is 7.75. The smallest absolute Gasteiger partial charge is 0.106 e. The van der Waals surface area contributed by atoms with Crippen molar-refractivity contribution in [1.29, 1.82) is 0 Å². The molecule has 4 atom stereocenters. The van der Waals surface area contributed by atoms with E-state index in [1.165, 1.54) is 18.4 Å². The summed E-state index contributed by atoms with van der Waals surface area (Å²) in [5.41, 5.74) is 0.838. The Hall–Kier alpha value is -0.340. The molecule has 2 fully saturated rings. The molecule has 1 saturated carbocycles. The van der Waals surface area contributed by atoms with Crippen LogP contribution in [-0.2, 0) is 4.74 Å². The maximum atomic E-state index is 10.5. The molecule has 4 unspecified atom stereocenters. The lowest BCUT2D eigenvalue weighted by Crippen LogP contribution is -2.41. The molecule has 0 aromatic rings. The van der Waals surface area contributed by atoms with Gasteiger partial charge in [-0.15, -0.1) is 0 Å². The van der Waals surface area contributed by atoms with Gasteiger partial charge in [-0.05, 0) is 44.9 Å². The molecule has 2 nitrogen and oxygen atoms in total. The highest BCUT2D eigenvalue weighted by molar-refractivity contribution is 5.32. The highest BCUT2D eigenvalue weighted by atomic mass is 16.5. The van der Waals surface area contributed by atoms with Crippen molar-refractivity contribution in [1.82, 2.24) is 0 Å². The van der Waals surface area contributed by atoms with Crippen LogP contribution >= 0.6 is 0 Å². The van der Waals surface area contributed by atoms with Gasteiger partial charge in [0.25, 0.3) is 0 Å². The van der Waals surface area contributed by atoms with Gasteiger partial charge >= 0.3 is 0 Å². The molecule has 2 aliphatic carbocycles. The van der Waals surface area contributed by atoms with Gasteiger partial charge in [0.15, 0.2) is 0 Å². The quantitative estimate of drug-likeness (QED) is 0.655. The Morgan fingerprint density at radius 2 is 1.94 bits per heavy atom. The summed E-state index contributed by atoms with van der Waals surface area (Å²) in [5, 5.41) is 10.5. The monoisotopic (exact) mass is 236 g/mol. The van der Waals surface area contributed by atoms with Crippen molar-refractivity contribution in [2.24, 2.45) is 11.3 Å². The van der Waals surface area contributed by atoms with E-state index in [9.17, 15) is 5.11 Å². The van der Waals surface area contributed by atoms with Crippen LogP contribution in [-0.4, -0.2) is 22.4 Å². The largest absolute Gasteiger partial charge is 0.383 e. The Balaban J connectivity index is 2.14. The van der Waals surface area contributed by atoms with E-state index in [0.29, 0.717) is 5.92 Å².